The van der Waals surface area contributed by atoms with Crippen molar-refractivity contribution in [3.05, 3.63) is 76.5 Å². The van der Waals surface area contributed by atoms with E-state index in [0.29, 0.717) is 59.6 Å². The fourth-order valence-electron chi connectivity index (χ4n) is 3.87. The molecule has 182 valence electrons. The van der Waals surface area contributed by atoms with Gasteiger partial charge < -0.3 is 15.2 Å². The number of hydrogen-bond acceptors (Lipinski definition) is 7. The number of carbonyl (C=O) groups is 3. The van der Waals surface area contributed by atoms with Crippen LogP contribution in [0.4, 0.5) is 11.5 Å². The Morgan fingerprint density at radius 2 is 1.54 bits per heavy atom. The molecular weight excluding hydrogens is 470 g/mol. The molecule has 3 aromatic rings. The minimum atomic E-state index is -0.220. The molecule has 2 N–H and O–H groups in total. The lowest BCUT2D eigenvalue weighted by atomic mass is 10.0. The molecular formula is C25H26ClN5O4. The average Bonchev–Trinajstić information content (AvgIpc) is 3.25. The molecule has 2 aromatic carbocycles. The summed E-state index contributed by atoms with van der Waals surface area (Å²) in [4.78, 5) is 42.0. The Balaban J connectivity index is 1.28. The Hall–Kier alpha value is -3.53. The van der Waals surface area contributed by atoms with Gasteiger partial charge in [0.2, 0.25) is 11.8 Å². The molecule has 0 saturated carbocycles. The highest BCUT2D eigenvalue weighted by Crippen LogP contribution is 2.24. The number of carbonyl (C=O) groups excluding carboxylic acids is 3. The number of halogens is 1. The van der Waals surface area contributed by atoms with E-state index >= 15 is 0 Å². The first-order valence-electron chi connectivity index (χ1n) is 11.2. The van der Waals surface area contributed by atoms with Gasteiger partial charge in [0, 0.05) is 48.4 Å². The smallest absolute Gasteiger partial charge is 0.239 e. The Kier molecular flexibility index (Phi) is 7.91. The summed E-state index contributed by atoms with van der Waals surface area (Å²) in [6.45, 7) is 4.75. The Bertz CT molecular complexity index is 1210. The van der Waals surface area contributed by atoms with Crippen molar-refractivity contribution in [3.63, 3.8) is 0 Å². The highest BCUT2D eigenvalue weighted by molar-refractivity contribution is 6.31. The van der Waals surface area contributed by atoms with E-state index < -0.39 is 0 Å². The van der Waals surface area contributed by atoms with E-state index in [1.807, 2.05) is 15.9 Å². The van der Waals surface area contributed by atoms with Gasteiger partial charge in [-0.15, -0.1) is 0 Å². The summed E-state index contributed by atoms with van der Waals surface area (Å²) >= 11 is 6.12. The van der Waals surface area contributed by atoms with Crippen molar-refractivity contribution >= 4 is 40.7 Å². The molecule has 0 aliphatic carbocycles. The number of aryl methyl sites for hydroxylation is 1. The Labute approximate surface area is 208 Å². The lowest BCUT2D eigenvalue weighted by Gasteiger charge is -2.33. The molecule has 9 nitrogen and oxygen atoms in total. The second kappa shape index (κ2) is 11.3. The van der Waals surface area contributed by atoms with Gasteiger partial charge in [-0.25, -0.2) is 0 Å². The van der Waals surface area contributed by atoms with Crippen molar-refractivity contribution in [3.8, 4) is 0 Å². The summed E-state index contributed by atoms with van der Waals surface area (Å²) in [6, 6.07) is 15.4. The number of nitrogens with zero attached hydrogens (tertiary/aromatic N) is 3. The zero-order valence-electron chi connectivity index (χ0n) is 19.3. The van der Waals surface area contributed by atoms with E-state index in [9.17, 15) is 14.4 Å². The Morgan fingerprint density at radius 3 is 2.14 bits per heavy atom. The molecule has 0 bridgehead atoms. The molecule has 1 aliphatic heterocycles. The zero-order chi connectivity index (χ0) is 24.8. The van der Waals surface area contributed by atoms with Crippen LogP contribution in [0.1, 0.15) is 21.7 Å². The van der Waals surface area contributed by atoms with Crippen LogP contribution in [0.25, 0.3) is 0 Å². The molecule has 0 radical (unpaired) electrons. The third kappa shape index (κ3) is 6.75. The summed E-state index contributed by atoms with van der Waals surface area (Å²) in [5, 5.41) is 9.74. The molecule has 1 fully saturated rings. The normalized spacial score (nSPS) is 14.5. The molecule has 0 atom stereocenters. The topological polar surface area (TPSA) is 108 Å². The predicted octanol–water partition coefficient (Wildman–Crippen LogP) is 3.06. The van der Waals surface area contributed by atoms with Gasteiger partial charge >= 0.3 is 0 Å². The van der Waals surface area contributed by atoms with Crippen molar-refractivity contribution in [1.82, 2.24) is 15.0 Å². The lowest BCUT2D eigenvalue weighted by Crippen LogP contribution is -2.50. The summed E-state index contributed by atoms with van der Waals surface area (Å²) in [5.41, 5.74) is 1.28. The van der Waals surface area contributed by atoms with E-state index in [4.69, 9.17) is 16.1 Å². The third-order valence-electron chi connectivity index (χ3n) is 5.63. The van der Waals surface area contributed by atoms with Crippen LogP contribution < -0.4 is 10.6 Å². The summed E-state index contributed by atoms with van der Waals surface area (Å²) in [6.07, 6.45) is 0. The van der Waals surface area contributed by atoms with Gasteiger partial charge in [-0.3, -0.25) is 24.2 Å². The van der Waals surface area contributed by atoms with E-state index in [2.05, 4.69) is 15.8 Å². The van der Waals surface area contributed by atoms with Crippen LogP contribution in [-0.4, -0.2) is 71.8 Å². The predicted molar refractivity (Wildman–Crippen MR) is 133 cm³/mol. The van der Waals surface area contributed by atoms with Crippen molar-refractivity contribution in [1.29, 1.82) is 0 Å². The molecule has 10 heteroatoms. The van der Waals surface area contributed by atoms with Gasteiger partial charge in [0.25, 0.3) is 0 Å². The lowest BCUT2D eigenvalue weighted by molar-refractivity contribution is -0.120. The van der Waals surface area contributed by atoms with Crippen LogP contribution in [-0.2, 0) is 9.59 Å². The van der Waals surface area contributed by atoms with Gasteiger partial charge in [-0.1, -0.05) is 47.1 Å². The second-order valence-electron chi connectivity index (χ2n) is 8.36. The summed E-state index contributed by atoms with van der Waals surface area (Å²) in [5.74, 6) is 0.429. The molecule has 0 spiro atoms. The molecule has 1 aromatic heterocycles. The number of benzene rings is 2. The summed E-state index contributed by atoms with van der Waals surface area (Å²) in [7, 11) is 0. The molecule has 35 heavy (non-hydrogen) atoms. The van der Waals surface area contributed by atoms with E-state index in [-0.39, 0.29) is 30.7 Å². The van der Waals surface area contributed by atoms with Gasteiger partial charge in [0.15, 0.2) is 11.6 Å². The SMILES string of the molecule is Cc1cc(NC(=O)CN2CCN(CC(=O)Nc3ccc(Cl)cc3C(=O)c3ccccc3)CC2)no1. The van der Waals surface area contributed by atoms with Crippen LogP contribution >= 0.6 is 11.6 Å². The van der Waals surface area contributed by atoms with E-state index in [1.165, 1.54) is 0 Å². The standard InChI is InChI=1S/C25H26ClN5O4/c1-17-13-22(29-35-17)28-24(33)16-31-11-9-30(10-12-31)15-23(32)27-21-8-7-19(26)14-20(21)25(34)18-5-3-2-4-6-18/h2-8,13-14H,9-12,15-16H2,1H3,(H,27,32)(H,28,29,33). The van der Waals surface area contributed by atoms with Crippen molar-refractivity contribution in [2.45, 2.75) is 6.92 Å². The largest absolute Gasteiger partial charge is 0.360 e. The molecule has 1 aliphatic rings. The quantitative estimate of drug-likeness (QED) is 0.462. The molecule has 2 amide bonds. The first-order chi connectivity index (χ1) is 16.9. The van der Waals surface area contributed by atoms with Gasteiger partial charge in [-0.2, -0.15) is 0 Å². The van der Waals surface area contributed by atoms with Crippen LogP contribution in [0.2, 0.25) is 5.02 Å². The van der Waals surface area contributed by atoms with Gasteiger partial charge in [0.05, 0.1) is 18.8 Å². The van der Waals surface area contributed by atoms with Crippen molar-refractivity contribution < 1.29 is 18.9 Å². The molecule has 2 heterocycles. The average molecular weight is 496 g/mol. The van der Waals surface area contributed by atoms with E-state index in [0.717, 1.165) is 0 Å². The number of hydrogen-bond donors (Lipinski definition) is 2. The number of rotatable bonds is 8. The van der Waals surface area contributed by atoms with Crippen LogP contribution in [0, 0.1) is 6.92 Å². The number of amides is 2. The fourth-order valence-corrected chi connectivity index (χ4v) is 4.04. The van der Waals surface area contributed by atoms with Crippen LogP contribution in [0.15, 0.2) is 59.1 Å². The summed E-state index contributed by atoms with van der Waals surface area (Å²) < 4.78 is 4.95. The zero-order valence-corrected chi connectivity index (χ0v) is 20.0. The molecule has 0 unspecified atom stereocenters. The first-order valence-corrected chi connectivity index (χ1v) is 11.6. The first kappa shape index (κ1) is 24.6. The minimum absolute atomic E-state index is 0.164. The maximum Gasteiger partial charge on any atom is 0.239 e. The second-order valence-corrected chi connectivity index (χ2v) is 8.79. The minimum Gasteiger partial charge on any atom is -0.360 e. The number of ketones is 1. The molecule has 1 saturated heterocycles. The fraction of sp³-hybridized carbons (Fsp3) is 0.280. The van der Waals surface area contributed by atoms with Crippen LogP contribution in [0.5, 0.6) is 0 Å². The van der Waals surface area contributed by atoms with Gasteiger partial charge in [0.1, 0.15) is 5.76 Å². The van der Waals surface area contributed by atoms with Gasteiger partial charge in [-0.05, 0) is 25.1 Å². The maximum absolute atomic E-state index is 13.0. The monoisotopic (exact) mass is 495 g/mol. The van der Waals surface area contributed by atoms with Crippen molar-refractivity contribution in [2.24, 2.45) is 0 Å². The van der Waals surface area contributed by atoms with Crippen LogP contribution in [0.3, 0.4) is 0 Å². The Morgan fingerprint density at radius 1 is 0.914 bits per heavy atom. The highest BCUT2D eigenvalue weighted by atomic mass is 35.5. The van der Waals surface area contributed by atoms with Crippen molar-refractivity contribution in [2.75, 3.05) is 49.9 Å². The van der Waals surface area contributed by atoms with E-state index in [1.54, 1.807) is 55.5 Å². The highest BCUT2D eigenvalue weighted by Gasteiger charge is 2.22. The third-order valence-corrected chi connectivity index (χ3v) is 5.87. The number of nitrogens with one attached hydrogen (secondary N) is 2. The number of anilines is 2. The molecule has 4 rings (SSSR count). The number of piperazine rings is 1. The maximum atomic E-state index is 13.0. The number of aromatic nitrogens is 1.